The van der Waals surface area contributed by atoms with Gasteiger partial charge in [-0.05, 0) is 40.5 Å². The van der Waals surface area contributed by atoms with Gasteiger partial charge in [-0.25, -0.2) is 0 Å². The molecule has 1 aliphatic heterocycles. The molecule has 26 heavy (non-hydrogen) atoms. The smallest absolute Gasteiger partial charge is 0.0598 e. The van der Waals surface area contributed by atoms with Gasteiger partial charge in [0.1, 0.15) is 0 Å². The molecular weight excluding hydrogens is 367 g/mol. The number of rotatable bonds is 4. The van der Waals surface area contributed by atoms with Crippen LogP contribution in [0.15, 0.2) is 48.8 Å². The minimum atomic E-state index is 0.574. The quantitative estimate of drug-likeness (QED) is 0.695. The number of aromatic nitrogens is 2. The largest absolute Gasteiger partial charge is 0.314 e. The molecule has 0 unspecified atom stereocenters. The van der Waals surface area contributed by atoms with Crippen molar-refractivity contribution >= 4 is 23.2 Å². The Labute approximate surface area is 163 Å². The minimum absolute atomic E-state index is 0.574. The molecule has 1 saturated heterocycles. The maximum absolute atomic E-state index is 6.28. The van der Waals surface area contributed by atoms with Crippen molar-refractivity contribution in [3.63, 3.8) is 0 Å². The lowest BCUT2D eigenvalue weighted by molar-refractivity contribution is 0.233. The fraction of sp³-hybridized carbons (Fsp3) is 0.250. The standard InChI is InChI=1S/C20H20Cl2N4/c21-19-4-3-15(10-20(19)22)18-9-14(17-11-24-25-12-17)1-2-16(18)13-26-7-5-23-6-8-26/h1-4,9-12,23H,5-8,13H2,(H,24,25). The second kappa shape index (κ2) is 7.80. The highest BCUT2D eigenvalue weighted by Gasteiger charge is 2.15. The SMILES string of the molecule is Clc1ccc(-c2cc(-c3cn[nH]c3)ccc2CN2CCNCC2)cc1Cl. The number of nitrogens with one attached hydrogen (secondary N) is 2. The van der Waals surface area contributed by atoms with E-state index in [1.54, 1.807) is 0 Å². The molecule has 2 aromatic carbocycles. The van der Waals surface area contributed by atoms with E-state index in [4.69, 9.17) is 23.2 Å². The molecule has 0 bridgehead atoms. The summed E-state index contributed by atoms with van der Waals surface area (Å²) in [5.41, 5.74) is 5.75. The van der Waals surface area contributed by atoms with Gasteiger partial charge in [0, 0.05) is 44.5 Å². The van der Waals surface area contributed by atoms with Crippen LogP contribution in [0.5, 0.6) is 0 Å². The van der Waals surface area contributed by atoms with Crippen molar-refractivity contribution in [3.05, 3.63) is 64.4 Å². The number of hydrogen-bond acceptors (Lipinski definition) is 3. The summed E-state index contributed by atoms with van der Waals surface area (Å²) >= 11 is 12.4. The first-order valence-electron chi connectivity index (χ1n) is 8.71. The van der Waals surface area contributed by atoms with Crippen LogP contribution in [0, 0.1) is 0 Å². The summed E-state index contributed by atoms with van der Waals surface area (Å²) < 4.78 is 0. The van der Waals surface area contributed by atoms with Gasteiger partial charge in [-0.3, -0.25) is 10.00 Å². The van der Waals surface area contributed by atoms with E-state index in [1.807, 2.05) is 30.6 Å². The van der Waals surface area contributed by atoms with Crippen molar-refractivity contribution in [2.75, 3.05) is 26.2 Å². The van der Waals surface area contributed by atoms with E-state index in [0.717, 1.165) is 49.4 Å². The number of benzene rings is 2. The van der Waals surface area contributed by atoms with Crippen LogP contribution in [0.4, 0.5) is 0 Å². The van der Waals surface area contributed by atoms with E-state index in [9.17, 15) is 0 Å². The van der Waals surface area contributed by atoms with Crippen molar-refractivity contribution in [2.45, 2.75) is 6.54 Å². The number of nitrogens with zero attached hydrogens (tertiary/aromatic N) is 2. The van der Waals surface area contributed by atoms with Crippen LogP contribution in [0.2, 0.25) is 10.0 Å². The van der Waals surface area contributed by atoms with E-state index in [0.29, 0.717) is 10.0 Å². The summed E-state index contributed by atoms with van der Waals surface area (Å²) in [7, 11) is 0. The Morgan fingerprint density at radius 2 is 1.73 bits per heavy atom. The van der Waals surface area contributed by atoms with Gasteiger partial charge in [0.25, 0.3) is 0 Å². The highest BCUT2D eigenvalue weighted by molar-refractivity contribution is 6.42. The topological polar surface area (TPSA) is 44.0 Å². The lowest BCUT2D eigenvalue weighted by Crippen LogP contribution is -2.42. The van der Waals surface area contributed by atoms with E-state index < -0.39 is 0 Å². The van der Waals surface area contributed by atoms with Gasteiger partial charge in [-0.1, -0.05) is 41.4 Å². The Kier molecular flexibility index (Phi) is 5.27. The Balaban J connectivity index is 1.75. The summed E-state index contributed by atoms with van der Waals surface area (Å²) in [5.74, 6) is 0. The maximum Gasteiger partial charge on any atom is 0.0598 e. The molecule has 0 spiro atoms. The van der Waals surface area contributed by atoms with Gasteiger partial charge in [0.15, 0.2) is 0 Å². The van der Waals surface area contributed by atoms with E-state index >= 15 is 0 Å². The van der Waals surface area contributed by atoms with Crippen molar-refractivity contribution < 1.29 is 0 Å². The predicted octanol–water partition coefficient (Wildman–Crippen LogP) is 4.46. The van der Waals surface area contributed by atoms with Gasteiger partial charge in [-0.2, -0.15) is 5.10 Å². The summed E-state index contributed by atoms with van der Waals surface area (Å²) in [6.07, 6.45) is 3.74. The number of halogens is 2. The van der Waals surface area contributed by atoms with Crippen molar-refractivity contribution in [3.8, 4) is 22.3 Å². The molecule has 1 fully saturated rings. The third-order valence-corrected chi connectivity index (χ3v) is 5.51. The lowest BCUT2D eigenvalue weighted by atomic mass is 9.95. The number of H-pyrrole nitrogens is 1. The van der Waals surface area contributed by atoms with Crippen LogP contribution in [0.1, 0.15) is 5.56 Å². The third-order valence-electron chi connectivity index (χ3n) is 4.78. The van der Waals surface area contributed by atoms with Gasteiger partial charge in [0.2, 0.25) is 0 Å². The average Bonchev–Trinajstić information content (AvgIpc) is 3.20. The zero-order valence-electron chi connectivity index (χ0n) is 14.3. The monoisotopic (exact) mass is 386 g/mol. The van der Waals surface area contributed by atoms with Crippen LogP contribution in [-0.2, 0) is 6.54 Å². The molecule has 4 nitrogen and oxygen atoms in total. The van der Waals surface area contributed by atoms with Gasteiger partial charge in [-0.15, -0.1) is 0 Å². The van der Waals surface area contributed by atoms with Crippen molar-refractivity contribution in [1.29, 1.82) is 0 Å². The van der Waals surface area contributed by atoms with Crippen molar-refractivity contribution in [1.82, 2.24) is 20.4 Å². The molecule has 0 radical (unpaired) electrons. The molecular formula is C20H20Cl2N4. The molecule has 4 rings (SSSR count). The molecule has 0 aliphatic carbocycles. The highest BCUT2D eigenvalue weighted by atomic mass is 35.5. The van der Waals surface area contributed by atoms with Crippen LogP contribution in [-0.4, -0.2) is 41.3 Å². The average molecular weight is 387 g/mol. The molecule has 1 aliphatic rings. The first-order chi connectivity index (χ1) is 12.7. The zero-order chi connectivity index (χ0) is 17.9. The lowest BCUT2D eigenvalue weighted by Gasteiger charge is -2.28. The molecule has 6 heteroatoms. The normalized spacial score (nSPS) is 15.3. The Morgan fingerprint density at radius 3 is 2.46 bits per heavy atom. The molecule has 3 aromatic rings. The zero-order valence-corrected chi connectivity index (χ0v) is 15.8. The molecule has 0 amide bonds. The maximum atomic E-state index is 6.28. The molecule has 2 N–H and O–H groups in total. The molecule has 1 aromatic heterocycles. The Hall–Kier alpha value is -1.85. The van der Waals surface area contributed by atoms with Crippen LogP contribution >= 0.6 is 23.2 Å². The van der Waals surface area contributed by atoms with E-state index in [1.165, 1.54) is 11.1 Å². The van der Waals surface area contributed by atoms with Crippen LogP contribution < -0.4 is 5.32 Å². The van der Waals surface area contributed by atoms with E-state index in [2.05, 4.69) is 38.6 Å². The molecule has 0 atom stereocenters. The Morgan fingerprint density at radius 1 is 0.923 bits per heavy atom. The van der Waals surface area contributed by atoms with Crippen LogP contribution in [0.3, 0.4) is 0 Å². The highest BCUT2D eigenvalue weighted by Crippen LogP contribution is 2.33. The second-order valence-corrected chi connectivity index (χ2v) is 7.33. The Bertz CT molecular complexity index is 887. The molecule has 0 saturated carbocycles. The predicted molar refractivity (Wildman–Crippen MR) is 108 cm³/mol. The second-order valence-electron chi connectivity index (χ2n) is 6.51. The first-order valence-corrected chi connectivity index (χ1v) is 9.47. The third kappa shape index (κ3) is 3.79. The number of hydrogen-bond donors (Lipinski definition) is 2. The van der Waals surface area contributed by atoms with E-state index in [-0.39, 0.29) is 0 Å². The number of aromatic amines is 1. The fourth-order valence-electron chi connectivity index (χ4n) is 3.35. The first kappa shape index (κ1) is 17.6. The van der Waals surface area contributed by atoms with Gasteiger partial charge in [0.05, 0.1) is 16.2 Å². The van der Waals surface area contributed by atoms with Crippen molar-refractivity contribution in [2.24, 2.45) is 0 Å². The van der Waals surface area contributed by atoms with Crippen LogP contribution in [0.25, 0.3) is 22.3 Å². The molecule has 2 heterocycles. The molecule has 134 valence electrons. The fourth-order valence-corrected chi connectivity index (χ4v) is 3.64. The summed E-state index contributed by atoms with van der Waals surface area (Å²) in [6.45, 7) is 5.11. The minimum Gasteiger partial charge on any atom is -0.314 e. The summed E-state index contributed by atoms with van der Waals surface area (Å²) in [5, 5.41) is 11.5. The number of piperazine rings is 1. The summed E-state index contributed by atoms with van der Waals surface area (Å²) in [4.78, 5) is 2.48. The van der Waals surface area contributed by atoms with Gasteiger partial charge < -0.3 is 5.32 Å². The summed E-state index contributed by atoms with van der Waals surface area (Å²) in [6, 6.07) is 12.4. The van der Waals surface area contributed by atoms with Gasteiger partial charge >= 0.3 is 0 Å².